The lowest BCUT2D eigenvalue weighted by atomic mass is 10.1. The molecule has 2 aromatic heterocycles. The van der Waals surface area contributed by atoms with Gasteiger partial charge >= 0.3 is 10.1 Å². The molecule has 0 radical (unpaired) electrons. The monoisotopic (exact) mass is 414 g/mol. The first-order valence-electron chi connectivity index (χ1n) is 8.35. The Bertz CT molecular complexity index is 1300. The van der Waals surface area contributed by atoms with E-state index in [0.29, 0.717) is 16.6 Å². The number of hydrogen-bond acceptors (Lipinski definition) is 6. The number of benzene rings is 2. The van der Waals surface area contributed by atoms with E-state index >= 15 is 0 Å². The maximum atomic E-state index is 14.5. The van der Waals surface area contributed by atoms with Crippen LogP contribution in [0, 0.1) is 19.7 Å². The molecule has 0 spiro atoms. The molecule has 0 atom stereocenters. The van der Waals surface area contributed by atoms with E-state index in [1.807, 2.05) is 25.3 Å². The molecule has 0 unspecified atom stereocenters. The van der Waals surface area contributed by atoms with Gasteiger partial charge in [0.05, 0.1) is 16.2 Å². The highest BCUT2D eigenvalue weighted by atomic mass is 32.2. The molecule has 0 aliphatic rings. The molecular formula is C20H15FN2O3S2. The summed E-state index contributed by atoms with van der Waals surface area (Å²) in [6.07, 6.45) is 1.58. The Morgan fingerprint density at radius 3 is 2.64 bits per heavy atom. The summed E-state index contributed by atoms with van der Waals surface area (Å²) in [7, 11) is -4.26. The molecule has 0 N–H and O–H groups in total. The van der Waals surface area contributed by atoms with Crippen LogP contribution in [0.2, 0.25) is 0 Å². The molecule has 0 saturated carbocycles. The summed E-state index contributed by atoms with van der Waals surface area (Å²) in [5, 5.41) is 3.34. The Morgan fingerprint density at radius 2 is 1.93 bits per heavy atom. The lowest BCUT2D eigenvalue weighted by molar-refractivity contribution is 0.462. The molecule has 8 heteroatoms. The van der Waals surface area contributed by atoms with Crippen molar-refractivity contribution in [3.63, 3.8) is 0 Å². The van der Waals surface area contributed by atoms with Crippen molar-refractivity contribution in [1.29, 1.82) is 0 Å². The molecule has 2 heterocycles. The summed E-state index contributed by atoms with van der Waals surface area (Å²) < 4.78 is 45.2. The van der Waals surface area contributed by atoms with Crippen LogP contribution >= 0.6 is 11.3 Å². The van der Waals surface area contributed by atoms with Crippen molar-refractivity contribution in [3.8, 4) is 17.0 Å². The predicted octanol–water partition coefficient (Wildman–Crippen LogP) is 4.88. The van der Waals surface area contributed by atoms with Gasteiger partial charge in [0.15, 0.2) is 11.6 Å². The number of hydrogen-bond donors (Lipinski definition) is 0. The van der Waals surface area contributed by atoms with Crippen LogP contribution in [-0.2, 0) is 10.1 Å². The summed E-state index contributed by atoms with van der Waals surface area (Å²) in [5.41, 5.74) is 2.36. The van der Waals surface area contributed by atoms with Gasteiger partial charge < -0.3 is 4.18 Å². The highest BCUT2D eigenvalue weighted by Crippen LogP contribution is 2.30. The molecule has 28 heavy (non-hydrogen) atoms. The van der Waals surface area contributed by atoms with Gasteiger partial charge in [-0.1, -0.05) is 12.1 Å². The van der Waals surface area contributed by atoms with Gasteiger partial charge in [-0.05, 0) is 49.7 Å². The molecule has 142 valence electrons. The fourth-order valence-electron chi connectivity index (χ4n) is 2.83. The number of thiazole rings is 1. The number of aryl methyl sites for hydroxylation is 2. The summed E-state index contributed by atoms with van der Waals surface area (Å²) in [5.74, 6) is -1.16. The van der Waals surface area contributed by atoms with Gasteiger partial charge in [-0.3, -0.25) is 4.98 Å². The van der Waals surface area contributed by atoms with E-state index in [9.17, 15) is 12.8 Å². The molecule has 5 nitrogen and oxygen atoms in total. The quantitative estimate of drug-likeness (QED) is 0.445. The Hall–Kier alpha value is -2.84. The second kappa shape index (κ2) is 6.96. The molecule has 0 bridgehead atoms. The van der Waals surface area contributed by atoms with Gasteiger partial charge in [0, 0.05) is 22.5 Å². The summed E-state index contributed by atoms with van der Waals surface area (Å²) >= 11 is 1.45. The molecule has 0 saturated heterocycles. The Kier molecular flexibility index (Phi) is 4.60. The first-order valence-corrected chi connectivity index (χ1v) is 10.6. The zero-order valence-electron chi connectivity index (χ0n) is 15.0. The molecule has 0 amide bonds. The average Bonchev–Trinajstić information content (AvgIpc) is 3.09. The predicted molar refractivity (Wildman–Crippen MR) is 107 cm³/mol. The number of fused-ring (bicyclic) bond motifs is 1. The van der Waals surface area contributed by atoms with Gasteiger partial charge in [0.2, 0.25) is 0 Å². The Balaban J connectivity index is 1.71. The lowest BCUT2D eigenvalue weighted by Crippen LogP contribution is -2.11. The van der Waals surface area contributed by atoms with Crippen LogP contribution in [0.1, 0.15) is 10.6 Å². The Labute approximate surface area is 165 Å². The number of halogens is 1. The minimum atomic E-state index is -4.26. The largest absolute Gasteiger partial charge is 0.376 e. The third-order valence-corrected chi connectivity index (χ3v) is 6.17. The lowest BCUT2D eigenvalue weighted by Gasteiger charge is -2.10. The topological polar surface area (TPSA) is 69.2 Å². The van der Waals surface area contributed by atoms with Crippen molar-refractivity contribution < 1.29 is 17.0 Å². The molecule has 4 rings (SSSR count). The highest BCUT2D eigenvalue weighted by Gasteiger charge is 2.22. The minimum absolute atomic E-state index is 0.108. The van der Waals surface area contributed by atoms with Crippen molar-refractivity contribution in [2.75, 3.05) is 0 Å². The normalized spacial score (nSPS) is 11.7. The van der Waals surface area contributed by atoms with Crippen molar-refractivity contribution in [1.82, 2.24) is 9.97 Å². The van der Waals surface area contributed by atoms with Gasteiger partial charge in [0.25, 0.3) is 0 Å². The van der Waals surface area contributed by atoms with Gasteiger partial charge in [0.1, 0.15) is 4.90 Å². The van der Waals surface area contributed by atoms with E-state index in [1.54, 1.807) is 24.4 Å². The van der Waals surface area contributed by atoms with Gasteiger partial charge in [-0.15, -0.1) is 11.3 Å². The van der Waals surface area contributed by atoms with Crippen molar-refractivity contribution in [3.05, 3.63) is 70.4 Å². The van der Waals surface area contributed by atoms with Crippen LogP contribution in [0.4, 0.5) is 4.39 Å². The fourth-order valence-corrected chi connectivity index (χ4v) is 4.57. The number of nitrogens with zero attached hydrogens (tertiary/aromatic N) is 2. The standard InChI is InChI=1S/C20H15FN2O3S2/c1-12-8-15-4-3-5-19(20(15)22-10-12)28(24,25)26-18-7-6-14(9-16(18)21)17-11-27-13(2)23-17/h3-11H,1-2H3. The summed E-state index contributed by atoms with van der Waals surface area (Å²) in [6, 6.07) is 10.7. The first kappa shape index (κ1) is 18.5. The van der Waals surface area contributed by atoms with Crippen LogP contribution in [0.15, 0.2) is 58.9 Å². The number of rotatable bonds is 4. The van der Waals surface area contributed by atoms with E-state index in [1.165, 1.54) is 29.5 Å². The van der Waals surface area contributed by atoms with E-state index < -0.39 is 15.9 Å². The van der Waals surface area contributed by atoms with E-state index in [4.69, 9.17) is 4.18 Å². The maximum absolute atomic E-state index is 14.5. The highest BCUT2D eigenvalue weighted by molar-refractivity contribution is 7.87. The molecule has 4 aromatic rings. The smallest absolute Gasteiger partial charge is 0.341 e. The minimum Gasteiger partial charge on any atom is -0.376 e. The maximum Gasteiger partial charge on any atom is 0.341 e. The number of aromatic nitrogens is 2. The fraction of sp³-hybridized carbons (Fsp3) is 0.100. The Morgan fingerprint density at radius 1 is 1.11 bits per heavy atom. The number of pyridine rings is 1. The van der Waals surface area contributed by atoms with Crippen LogP contribution in [0.5, 0.6) is 5.75 Å². The van der Waals surface area contributed by atoms with E-state index in [2.05, 4.69) is 9.97 Å². The second-order valence-electron chi connectivity index (χ2n) is 6.27. The summed E-state index contributed by atoms with van der Waals surface area (Å²) in [4.78, 5) is 8.40. The second-order valence-corrected chi connectivity index (χ2v) is 8.85. The SMILES string of the molecule is Cc1cnc2c(S(=O)(=O)Oc3ccc(-c4csc(C)n4)cc3F)cccc2c1. The van der Waals surface area contributed by atoms with Crippen LogP contribution in [0.25, 0.3) is 22.2 Å². The molecule has 0 aliphatic carbocycles. The molecular weight excluding hydrogens is 399 g/mol. The van der Waals surface area contributed by atoms with Gasteiger partial charge in [-0.2, -0.15) is 8.42 Å². The molecule has 0 fully saturated rings. The van der Waals surface area contributed by atoms with Gasteiger partial charge in [-0.25, -0.2) is 9.37 Å². The molecule has 0 aliphatic heterocycles. The van der Waals surface area contributed by atoms with Crippen LogP contribution in [0.3, 0.4) is 0 Å². The van der Waals surface area contributed by atoms with Crippen LogP contribution < -0.4 is 4.18 Å². The van der Waals surface area contributed by atoms with Crippen molar-refractivity contribution >= 4 is 32.4 Å². The van der Waals surface area contributed by atoms with E-state index in [0.717, 1.165) is 10.6 Å². The van der Waals surface area contributed by atoms with Crippen molar-refractivity contribution in [2.45, 2.75) is 18.7 Å². The third-order valence-electron chi connectivity index (χ3n) is 4.13. The van der Waals surface area contributed by atoms with E-state index in [-0.39, 0.29) is 16.2 Å². The number of para-hydroxylation sites is 1. The van der Waals surface area contributed by atoms with Crippen molar-refractivity contribution in [2.24, 2.45) is 0 Å². The third kappa shape index (κ3) is 3.48. The molecule has 2 aromatic carbocycles. The average molecular weight is 414 g/mol. The van der Waals surface area contributed by atoms with Crippen LogP contribution in [-0.4, -0.2) is 18.4 Å². The summed E-state index contributed by atoms with van der Waals surface area (Å²) in [6.45, 7) is 3.72. The zero-order chi connectivity index (χ0) is 19.9. The zero-order valence-corrected chi connectivity index (χ0v) is 16.6. The first-order chi connectivity index (χ1) is 13.3.